The first-order valence-corrected chi connectivity index (χ1v) is 3.67. The molecule has 0 aliphatic rings. The van der Waals surface area contributed by atoms with E-state index in [2.05, 4.69) is 25.0 Å². The summed E-state index contributed by atoms with van der Waals surface area (Å²) in [5.74, 6) is 3.50. The molecule has 2 nitrogen and oxygen atoms in total. The second kappa shape index (κ2) is 11.9. The smallest absolute Gasteiger partial charge is 0.0398 e. The molecule has 2 heteroatoms. The minimum Gasteiger partial charge on any atom is -0.320 e. The van der Waals surface area contributed by atoms with Crippen LogP contribution < -0.4 is 5.90 Å². The number of aryl methyl sites for hydroxylation is 1. The SMILES string of the molecule is CC.Cc1ccccc1.NO. The van der Waals surface area contributed by atoms with Gasteiger partial charge in [0.05, 0.1) is 0 Å². The molecule has 0 saturated heterocycles. The van der Waals surface area contributed by atoms with E-state index in [9.17, 15) is 0 Å². The van der Waals surface area contributed by atoms with Gasteiger partial charge in [-0.15, -0.1) is 0 Å². The Morgan fingerprint density at radius 3 is 1.55 bits per heavy atom. The van der Waals surface area contributed by atoms with Gasteiger partial charge in [-0.25, -0.2) is 5.90 Å². The summed E-state index contributed by atoms with van der Waals surface area (Å²) in [4.78, 5) is 0. The first-order valence-electron chi connectivity index (χ1n) is 3.67. The molecule has 0 heterocycles. The highest BCUT2D eigenvalue weighted by Gasteiger charge is 1.72. The number of hydrogen-bond donors (Lipinski definition) is 2. The summed E-state index contributed by atoms with van der Waals surface area (Å²) in [6.07, 6.45) is 0. The highest BCUT2D eigenvalue weighted by Crippen LogP contribution is 1.92. The topological polar surface area (TPSA) is 46.2 Å². The molecule has 0 unspecified atom stereocenters. The summed E-state index contributed by atoms with van der Waals surface area (Å²) in [5.41, 5.74) is 1.32. The zero-order valence-electron chi connectivity index (χ0n) is 7.41. The van der Waals surface area contributed by atoms with Gasteiger partial charge < -0.3 is 5.21 Å². The van der Waals surface area contributed by atoms with Gasteiger partial charge in [0.25, 0.3) is 0 Å². The summed E-state index contributed by atoms with van der Waals surface area (Å²) < 4.78 is 0. The molecule has 1 rings (SSSR count). The van der Waals surface area contributed by atoms with E-state index in [0.717, 1.165) is 0 Å². The van der Waals surface area contributed by atoms with Crippen molar-refractivity contribution in [1.29, 1.82) is 0 Å². The van der Waals surface area contributed by atoms with Crippen molar-refractivity contribution in [2.45, 2.75) is 20.8 Å². The van der Waals surface area contributed by atoms with Crippen LogP contribution in [-0.2, 0) is 0 Å². The molecule has 0 saturated carbocycles. The first-order chi connectivity index (χ1) is 5.39. The summed E-state index contributed by atoms with van der Waals surface area (Å²) >= 11 is 0. The maximum absolute atomic E-state index is 6.50. The molecule has 3 N–H and O–H groups in total. The third kappa shape index (κ3) is 9.14. The van der Waals surface area contributed by atoms with Crippen LogP contribution in [0.2, 0.25) is 0 Å². The van der Waals surface area contributed by atoms with Gasteiger partial charge in [0.1, 0.15) is 0 Å². The van der Waals surface area contributed by atoms with Crippen LogP contribution in [0.3, 0.4) is 0 Å². The van der Waals surface area contributed by atoms with E-state index in [1.54, 1.807) is 0 Å². The van der Waals surface area contributed by atoms with Crippen molar-refractivity contribution in [1.82, 2.24) is 0 Å². The van der Waals surface area contributed by atoms with E-state index >= 15 is 0 Å². The van der Waals surface area contributed by atoms with Crippen LogP contribution >= 0.6 is 0 Å². The third-order valence-electron chi connectivity index (χ3n) is 0.940. The van der Waals surface area contributed by atoms with Crippen LogP contribution in [0.25, 0.3) is 0 Å². The van der Waals surface area contributed by atoms with Gasteiger partial charge in [-0.2, -0.15) is 0 Å². The maximum Gasteiger partial charge on any atom is -0.0398 e. The van der Waals surface area contributed by atoms with E-state index in [1.165, 1.54) is 5.56 Å². The molecule has 1 aromatic rings. The number of nitrogens with two attached hydrogens (primary N) is 1. The van der Waals surface area contributed by atoms with Crippen molar-refractivity contribution in [2.24, 2.45) is 5.90 Å². The highest BCUT2D eigenvalue weighted by molar-refractivity contribution is 5.11. The van der Waals surface area contributed by atoms with Crippen LogP contribution in [0, 0.1) is 6.92 Å². The molecule has 1 aromatic carbocycles. The Morgan fingerprint density at radius 1 is 1.00 bits per heavy atom. The standard InChI is InChI=1S/C7H8.C2H6.H3NO/c1-7-5-3-2-4-6-7;2*1-2/h2-6H,1H3;1-2H3;2H,1H2. The molecule has 0 atom stereocenters. The fourth-order valence-corrected chi connectivity index (χ4v) is 0.534. The predicted octanol–water partition coefficient (Wildman–Crippen LogP) is 2.36. The zero-order valence-corrected chi connectivity index (χ0v) is 7.41. The molecule has 0 aliphatic carbocycles. The fourth-order valence-electron chi connectivity index (χ4n) is 0.534. The largest absolute Gasteiger partial charge is 0.320 e. The van der Waals surface area contributed by atoms with Gasteiger partial charge in [-0.05, 0) is 6.92 Å². The predicted molar refractivity (Wildman–Crippen MR) is 48.5 cm³/mol. The van der Waals surface area contributed by atoms with Crippen molar-refractivity contribution in [3.63, 3.8) is 0 Å². The van der Waals surface area contributed by atoms with Crippen LogP contribution in [0.4, 0.5) is 0 Å². The molecule has 0 amide bonds. The maximum atomic E-state index is 6.50. The van der Waals surface area contributed by atoms with E-state index in [4.69, 9.17) is 5.21 Å². The summed E-state index contributed by atoms with van der Waals surface area (Å²) in [5, 5.41) is 6.50. The average molecular weight is 155 g/mol. The Morgan fingerprint density at radius 2 is 1.36 bits per heavy atom. The first kappa shape index (κ1) is 12.8. The minimum absolute atomic E-state index is 1.32. The van der Waals surface area contributed by atoms with E-state index in [0.29, 0.717) is 0 Å². The lowest BCUT2D eigenvalue weighted by molar-refractivity contribution is 0.311. The van der Waals surface area contributed by atoms with Gasteiger partial charge in [0, 0.05) is 0 Å². The van der Waals surface area contributed by atoms with E-state index < -0.39 is 0 Å². The van der Waals surface area contributed by atoms with Gasteiger partial charge >= 0.3 is 0 Å². The van der Waals surface area contributed by atoms with Crippen molar-refractivity contribution >= 4 is 0 Å². The third-order valence-corrected chi connectivity index (χ3v) is 0.940. The number of rotatable bonds is 0. The van der Waals surface area contributed by atoms with Crippen LogP contribution in [-0.4, -0.2) is 5.21 Å². The zero-order chi connectivity index (χ0) is 9.11. The fraction of sp³-hybridized carbons (Fsp3) is 0.333. The molecule has 0 aliphatic heterocycles. The highest BCUT2D eigenvalue weighted by atomic mass is 16.4. The lowest BCUT2D eigenvalue weighted by atomic mass is 10.2. The molecular formula is C9H17NO. The monoisotopic (exact) mass is 155 g/mol. The summed E-state index contributed by atoms with van der Waals surface area (Å²) in [6.45, 7) is 6.08. The number of benzene rings is 1. The lowest BCUT2D eigenvalue weighted by Gasteiger charge is -1.82. The van der Waals surface area contributed by atoms with Crippen LogP contribution in [0.1, 0.15) is 19.4 Å². The Hall–Kier alpha value is -0.860. The van der Waals surface area contributed by atoms with Crippen LogP contribution in [0.15, 0.2) is 30.3 Å². The molecule has 0 spiro atoms. The van der Waals surface area contributed by atoms with Gasteiger partial charge in [0.15, 0.2) is 0 Å². The Kier molecular flexibility index (Phi) is 13.8. The molecule has 0 fully saturated rings. The minimum atomic E-state index is 1.32. The Bertz CT molecular complexity index is 139. The molecule has 0 aromatic heterocycles. The van der Waals surface area contributed by atoms with Gasteiger partial charge in [-0.3, -0.25) is 0 Å². The average Bonchev–Trinajstić information content (AvgIpc) is 2.13. The molecular weight excluding hydrogens is 138 g/mol. The van der Waals surface area contributed by atoms with Gasteiger partial charge in [0.2, 0.25) is 0 Å². The van der Waals surface area contributed by atoms with E-state index in [1.807, 2.05) is 32.0 Å². The number of hydrogen-bond acceptors (Lipinski definition) is 2. The Labute approximate surface area is 68.6 Å². The van der Waals surface area contributed by atoms with Crippen LogP contribution in [0.5, 0.6) is 0 Å². The van der Waals surface area contributed by atoms with Crippen molar-refractivity contribution in [3.05, 3.63) is 35.9 Å². The van der Waals surface area contributed by atoms with Crippen molar-refractivity contribution in [3.8, 4) is 0 Å². The summed E-state index contributed by atoms with van der Waals surface area (Å²) in [6, 6.07) is 10.3. The second-order valence-electron chi connectivity index (χ2n) is 1.65. The quantitative estimate of drug-likeness (QED) is 0.565. The molecule has 11 heavy (non-hydrogen) atoms. The normalized spacial score (nSPS) is 6.64. The molecule has 0 radical (unpaired) electrons. The summed E-state index contributed by atoms with van der Waals surface area (Å²) in [7, 11) is 0. The molecule has 64 valence electrons. The van der Waals surface area contributed by atoms with E-state index in [-0.39, 0.29) is 0 Å². The Balaban J connectivity index is 0. The molecule has 0 bridgehead atoms. The van der Waals surface area contributed by atoms with Crippen molar-refractivity contribution < 1.29 is 5.21 Å². The second-order valence-corrected chi connectivity index (χ2v) is 1.65. The van der Waals surface area contributed by atoms with Gasteiger partial charge in [-0.1, -0.05) is 49.7 Å². The lowest BCUT2D eigenvalue weighted by Crippen LogP contribution is -1.72. The van der Waals surface area contributed by atoms with Crippen molar-refractivity contribution in [2.75, 3.05) is 0 Å².